The number of allylic oxidation sites excluding steroid dienone is 1. The number of hydrogen-bond donors (Lipinski definition) is 1. The van der Waals surface area contributed by atoms with Gasteiger partial charge in [0.2, 0.25) is 0 Å². The summed E-state index contributed by atoms with van der Waals surface area (Å²) in [7, 11) is 5.61. The van der Waals surface area contributed by atoms with Crippen LogP contribution in [0.3, 0.4) is 0 Å². The third kappa shape index (κ3) is 6.64. The maximum absolute atomic E-state index is 12.3. The molecule has 2 rings (SSSR count). The predicted octanol–water partition coefficient (Wildman–Crippen LogP) is 3.78. The van der Waals surface area contributed by atoms with E-state index in [9.17, 15) is 4.79 Å². The monoisotopic (exact) mass is 396 g/mol. The number of carbonyl (C=O) groups is 1. The molecule has 0 fully saturated rings. The van der Waals surface area contributed by atoms with Gasteiger partial charge in [-0.15, -0.1) is 6.58 Å². The van der Waals surface area contributed by atoms with Crippen molar-refractivity contribution in [2.24, 2.45) is 0 Å². The molecular weight excluding hydrogens is 364 g/mol. The molecule has 0 radical (unpaired) electrons. The Hall–Kier alpha value is -2.79. The molecule has 0 heterocycles. The molecule has 0 saturated carbocycles. The van der Waals surface area contributed by atoms with Crippen LogP contribution in [-0.2, 0) is 17.6 Å². The molecule has 5 nitrogen and oxygen atoms in total. The molecule has 29 heavy (non-hydrogen) atoms. The molecule has 1 atom stereocenters. The van der Waals surface area contributed by atoms with Gasteiger partial charge in [-0.2, -0.15) is 0 Å². The highest BCUT2D eigenvalue weighted by Gasteiger charge is 2.16. The fourth-order valence-corrected chi connectivity index (χ4v) is 3.10. The van der Waals surface area contributed by atoms with E-state index in [0.29, 0.717) is 18.0 Å². The number of carbonyl (C=O) groups excluding carboxylic acids is 1. The molecule has 0 aromatic heterocycles. The lowest BCUT2D eigenvalue weighted by atomic mass is 10.0. The zero-order valence-electron chi connectivity index (χ0n) is 17.9. The van der Waals surface area contributed by atoms with Crippen molar-refractivity contribution < 1.29 is 14.3 Å². The van der Waals surface area contributed by atoms with E-state index in [0.717, 1.165) is 18.4 Å². The van der Waals surface area contributed by atoms with Crippen molar-refractivity contribution in [3.05, 3.63) is 71.8 Å². The van der Waals surface area contributed by atoms with Crippen LogP contribution in [0.1, 0.15) is 29.7 Å². The van der Waals surface area contributed by atoms with Crippen molar-refractivity contribution in [2.75, 3.05) is 34.4 Å². The van der Waals surface area contributed by atoms with Gasteiger partial charge in [-0.05, 0) is 55.8 Å². The lowest BCUT2D eigenvalue weighted by Gasteiger charge is -2.25. The van der Waals surface area contributed by atoms with Crippen molar-refractivity contribution in [1.82, 2.24) is 10.2 Å². The molecule has 0 spiro atoms. The summed E-state index contributed by atoms with van der Waals surface area (Å²) in [5.41, 5.74) is 3.56. The summed E-state index contributed by atoms with van der Waals surface area (Å²) in [6, 6.07) is 14.3. The molecule has 5 heteroatoms. The topological polar surface area (TPSA) is 50.8 Å². The highest BCUT2D eigenvalue weighted by molar-refractivity contribution is 5.77. The number of methoxy groups -OCH3 is 1. The molecular formula is C24H32N2O3. The molecule has 0 aliphatic rings. The second-order valence-corrected chi connectivity index (χ2v) is 7.15. The average molecular weight is 397 g/mol. The van der Waals surface area contributed by atoms with Crippen LogP contribution in [-0.4, -0.2) is 45.2 Å². The lowest BCUT2D eigenvalue weighted by molar-refractivity contribution is -0.123. The van der Waals surface area contributed by atoms with Crippen LogP contribution in [0.25, 0.3) is 0 Å². The van der Waals surface area contributed by atoms with Gasteiger partial charge in [0.1, 0.15) is 0 Å². The summed E-state index contributed by atoms with van der Waals surface area (Å²) in [6.07, 6.45) is 3.60. The number of aryl methyl sites for hydroxylation is 1. The van der Waals surface area contributed by atoms with Crippen molar-refractivity contribution in [1.29, 1.82) is 0 Å². The van der Waals surface area contributed by atoms with E-state index in [1.54, 1.807) is 7.11 Å². The van der Waals surface area contributed by atoms with Gasteiger partial charge in [-0.3, -0.25) is 4.79 Å². The molecule has 1 amide bonds. The first-order chi connectivity index (χ1) is 14.0. The number of amides is 1. The number of rotatable bonds is 11. The number of nitrogens with zero attached hydrogens (tertiary/aromatic N) is 1. The van der Waals surface area contributed by atoms with Crippen LogP contribution in [0, 0.1) is 0 Å². The van der Waals surface area contributed by atoms with Gasteiger partial charge in [0.05, 0.1) is 13.2 Å². The first-order valence-electron chi connectivity index (χ1n) is 9.91. The third-order valence-corrected chi connectivity index (χ3v) is 4.86. The number of hydrogen-bond acceptors (Lipinski definition) is 4. The summed E-state index contributed by atoms with van der Waals surface area (Å²) in [4.78, 5) is 14.4. The lowest BCUT2D eigenvalue weighted by Crippen LogP contribution is -2.36. The normalized spacial score (nSPS) is 11.8. The van der Waals surface area contributed by atoms with Crippen molar-refractivity contribution >= 4 is 5.91 Å². The maximum atomic E-state index is 12.3. The molecule has 1 N–H and O–H groups in total. The van der Waals surface area contributed by atoms with E-state index in [2.05, 4.69) is 48.0 Å². The molecule has 1 unspecified atom stereocenters. The van der Waals surface area contributed by atoms with Gasteiger partial charge in [-0.25, -0.2) is 0 Å². The molecule has 156 valence electrons. The minimum absolute atomic E-state index is 0.0634. The predicted molar refractivity (Wildman–Crippen MR) is 118 cm³/mol. The molecule has 2 aromatic carbocycles. The summed E-state index contributed by atoms with van der Waals surface area (Å²) in [5.74, 6) is 0.994. The Morgan fingerprint density at radius 2 is 1.83 bits per heavy atom. The second kappa shape index (κ2) is 11.3. The zero-order chi connectivity index (χ0) is 21.2. The Morgan fingerprint density at radius 1 is 1.14 bits per heavy atom. The van der Waals surface area contributed by atoms with E-state index in [1.807, 2.05) is 38.4 Å². The van der Waals surface area contributed by atoms with E-state index in [-0.39, 0.29) is 18.6 Å². The van der Waals surface area contributed by atoms with Gasteiger partial charge in [0.15, 0.2) is 18.1 Å². The van der Waals surface area contributed by atoms with Gasteiger partial charge >= 0.3 is 0 Å². The Labute approximate surface area is 174 Å². The van der Waals surface area contributed by atoms with Gasteiger partial charge in [0.25, 0.3) is 5.91 Å². The number of nitrogens with one attached hydrogen (secondary N) is 1. The van der Waals surface area contributed by atoms with Crippen LogP contribution in [0.5, 0.6) is 11.5 Å². The zero-order valence-corrected chi connectivity index (χ0v) is 17.9. The summed E-state index contributed by atoms with van der Waals surface area (Å²) in [5, 5.41) is 2.97. The first-order valence-corrected chi connectivity index (χ1v) is 9.91. The Balaban J connectivity index is 1.93. The number of likely N-dealkylation sites (N-methyl/N-ethyl adjacent to an activating group) is 1. The van der Waals surface area contributed by atoms with Crippen LogP contribution in [0.4, 0.5) is 0 Å². The average Bonchev–Trinajstić information content (AvgIpc) is 2.73. The van der Waals surface area contributed by atoms with Crippen molar-refractivity contribution in [3.63, 3.8) is 0 Å². The maximum Gasteiger partial charge on any atom is 0.258 e. The first kappa shape index (κ1) is 22.5. The van der Waals surface area contributed by atoms with Crippen molar-refractivity contribution in [3.8, 4) is 11.5 Å². The Morgan fingerprint density at radius 3 is 2.41 bits per heavy atom. The fourth-order valence-electron chi connectivity index (χ4n) is 3.10. The summed E-state index contributed by atoms with van der Waals surface area (Å²) in [6.45, 7) is 6.33. The third-order valence-electron chi connectivity index (χ3n) is 4.86. The standard InChI is InChI=1S/C24H32N2O3/c1-6-8-19-11-14-22(23(15-19)28-5)29-17-24(27)25-16-21(26(3)4)20-12-9-18(7-2)10-13-20/h6,9-15,21H,1,7-8,16-17H2,2-5H3,(H,25,27). The van der Waals surface area contributed by atoms with Crippen LogP contribution < -0.4 is 14.8 Å². The van der Waals surface area contributed by atoms with Gasteiger partial charge in [-0.1, -0.05) is 43.3 Å². The van der Waals surface area contributed by atoms with Crippen LogP contribution in [0.2, 0.25) is 0 Å². The quantitative estimate of drug-likeness (QED) is 0.587. The summed E-state index contributed by atoms with van der Waals surface area (Å²) >= 11 is 0. The molecule has 2 aromatic rings. The van der Waals surface area contributed by atoms with Crippen LogP contribution >= 0.6 is 0 Å². The van der Waals surface area contributed by atoms with E-state index in [1.165, 1.54) is 11.1 Å². The Kier molecular flexibility index (Phi) is 8.74. The fraction of sp³-hybridized carbons (Fsp3) is 0.375. The largest absolute Gasteiger partial charge is 0.493 e. The van der Waals surface area contributed by atoms with Gasteiger partial charge < -0.3 is 19.7 Å². The second-order valence-electron chi connectivity index (χ2n) is 7.15. The summed E-state index contributed by atoms with van der Waals surface area (Å²) < 4.78 is 11.0. The molecule has 0 aliphatic carbocycles. The minimum Gasteiger partial charge on any atom is -0.493 e. The SMILES string of the molecule is C=CCc1ccc(OCC(=O)NCC(c2ccc(CC)cc2)N(C)C)c(OC)c1. The van der Waals surface area contributed by atoms with Crippen LogP contribution in [0.15, 0.2) is 55.1 Å². The molecule has 0 saturated heterocycles. The molecule has 0 aliphatic heterocycles. The number of ether oxygens (including phenoxy) is 2. The van der Waals surface area contributed by atoms with E-state index in [4.69, 9.17) is 9.47 Å². The highest BCUT2D eigenvalue weighted by atomic mass is 16.5. The smallest absolute Gasteiger partial charge is 0.258 e. The minimum atomic E-state index is -0.167. The molecule has 0 bridgehead atoms. The van der Waals surface area contributed by atoms with Crippen molar-refractivity contribution in [2.45, 2.75) is 25.8 Å². The number of benzene rings is 2. The van der Waals surface area contributed by atoms with Gasteiger partial charge in [0, 0.05) is 6.54 Å². The highest BCUT2D eigenvalue weighted by Crippen LogP contribution is 2.28. The van der Waals surface area contributed by atoms with E-state index < -0.39 is 0 Å². The Bertz CT molecular complexity index is 800. The van der Waals surface area contributed by atoms with E-state index >= 15 is 0 Å².